The van der Waals surface area contributed by atoms with Crippen molar-refractivity contribution in [3.8, 4) is 0 Å². The van der Waals surface area contributed by atoms with Crippen LogP contribution in [-0.4, -0.2) is 49.7 Å². The Morgan fingerprint density at radius 2 is 1.58 bits per heavy atom. The number of benzene rings is 2. The molecule has 2 heterocycles. The van der Waals surface area contributed by atoms with Gasteiger partial charge in [0.25, 0.3) is 0 Å². The smallest absolute Gasteiger partial charge is 0.225 e. The molecule has 0 spiro atoms. The monoisotopic (exact) mass is 440 g/mol. The second kappa shape index (κ2) is 9.13. The van der Waals surface area contributed by atoms with Crippen LogP contribution in [0.1, 0.15) is 43.7 Å². The van der Waals surface area contributed by atoms with E-state index in [2.05, 4.69) is 31.2 Å². The van der Waals surface area contributed by atoms with E-state index in [4.69, 9.17) is 0 Å². The Bertz CT molecular complexity index is 986. The van der Waals surface area contributed by atoms with Crippen molar-refractivity contribution in [1.82, 2.24) is 9.21 Å². The molecule has 6 heteroatoms. The van der Waals surface area contributed by atoms with Crippen LogP contribution in [0.2, 0.25) is 0 Å². The summed E-state index contributed by atoms with van der Waals surface area (Å²) < 4.78 is 27.2. The van der Waals surface area contributed by atoms with E-state index in [1.807, 2.05) is 41.3 Å². The van der Waals surface area contributed by atoms with Gasteiger partial charge in [-0.05, 0) is 36.8 Å². The van der Waals surface area contributed by atoms with Crippen molar-refractivity contribution in [2.45, 2.75) is 43.8 Å². The van der Waals surface area contributed by atoms with Crippen LogP contribution in [0.3, 0.4) is 0 Å². The van der Waals surface area contributed by atoms with Crippen LogP contribution in [-0.2, 0) is 26.0 Å². The number of carbonyl (C=O) groups excluding carboxylic acids is 1. The summed E-state index contributed by atoms with van der Waals surface area (Å²) in [4.78, 5) is 15.3. The number of sulfonamides is 1. The number of hydrogen-bond donors (Lipinski definition) is 0. The third kappa shape index (κ3) is 5.01. The first kappa shape index (κ1) is 22.0. The lowest BCUT2D eigenvalue weighted by molar-refractivity contribution is -0.139. The average Bonchev–Trinajstić information content (AvgIpc) is 2.80. The first-order valence-electron chi connectivity index (χ1n) is 11.2. The van der Waals surface area contributed by atoms with Crippen LogP contribution in [0.25, 0.3) is 0 Å². The van der Waals surface area contributed by atoms with Gasteiger partial charge in [-0.25, -0.2) is 12.7 Å². The molecule has 5 nitrogen and oxygen atoms in total. The van der Waals surface area contributed by atoms with Crippen molar-refractivity contribution >= 4 is 15.9 Å². The van der Waals surface area contributed by atoms with Gasteiger partial charge in [-0.15, -0.1) is 0 Å². The lowest BCUT2D eigenvalue weighted by atomic mass is 9.75. The maximum absolute atomic E-state index is 13.3. The molecular formula is C25H32N2O3S. The summed E-state index contributed by atoms with van der Waals surface area (Å²) in [7, 11) is -3.36. The van der Waals surface area contributed by atoms with E-state index < -0.39 is 10.0 Å². The molecule has 0 aromatic heterocycles. The molecule has 0 aliphatic carbocycles. The Hall–Kier alpha value is -2.18. The molecule has 2 aromatic carbocycles. The molecule has 0 radical (unpaired) electrons. The van der Waals surface area contributed by atoms with Gasteiger partial charge in [-0.1, -0.05) is 67.6 Å². The molecule has 0 saturated carbocycles. The number of hydrogen-bond acceptors (Lipinski definition) is 3. The van der Waals surface area contributed by atoms with E-state index in [0.29, 0.717) is 25.9 Å². The molecule has 2 saturated heterocycles. The van der Waals surface area contributed by atoms with Gasteiger partial charge >= 0.3 is 0 Å². The van der Waals surface area contributed by atoms with E-state index >= 15 is 0 Å². The van der Waals surface area contributed by atoms with Crippen molar-refractivity contribution in [3.05, 3.63) is 71.8 Å². The second-order valence-corrected chi connectivity index (χ2v) is 11.2. The average molecular weight is 441 g/mol. The molecular weight excluding hydrogens is 408 g/mol. The molecule has 1 amide bonds. The highest BCUT2D eigenvalue weighted by Crippen LogP contribution is 2.35. The second-order valence-electron chi connectivity index (χ2n) is 9.21. The van der Waals surface area contributed by atoms with Crippen molar-refractivity contribution in [2.75, 3.05) is 26.2 Å². The third-order valence-corrected chi connectivity index (χ3v) is 8.72. The van der Waals surface area contributed by atoms with E-state index in [-0.39, 0.29) is 23.0 Å². The van der Waals surface area contributed by atoms with Gasteiger partial charge in [0, 0.05) is 37.5 Å². The summed E-state index contributed by atoms with van der Waals surface area (Å²) in [5, 5.41) is 0. The summed E-state index contributed by atoms with van der Waals surface area (Å²) >= 11 is 0. The van der Waals surface area contributed by atoms with Crippen molar-refractivity contribution < 1.29 is 13.2 Å². The van der Waals surface area contributed by atoms with Crippen LogP contribution in [0.4, 0.5) is 0 Å². The minimum absolute atomic E-state index is 0.0190. The Kier molecular flexibility index (Phi) is 6.49. The van der Waals surface area contributed by atoms with Gasteiger partial charge in [-0.2, -0.15) is 0 Å². The zero-order valence-corrected chi connectivity index (χ0v) is 19.1. The predicted molar refractivity (Wildman–Crippen MR) is 123 cm³/mol. The zero-order valence-electron chi connectivity index (χ0n) is 18.2. The van der Waals surface area contributed by atoms with Gasteiger partial charge in [0.1, 0.15) is 0 Å². The number of amides is 1. The lowest BCUT2D eigenvalue weighted by Crippen LogP contribution is -2.51. The highest BCUT2D eigenvalue weighted by atomic mass is 32.2. The largest absolute Gasteiger partial charge is 0.342 e. The number of nitrogens with zero attached hydrogens (tertiary/aromatic N) is 2. The fourth-order valence-electron chi connectivity index (χ4n) is 5.02. The maximum atomic E-state index is 13.3. The summed E-state index contributed by atoms with van der Waals surface area (Å²) in [5.74, 6) is 0.136. The van der Waals surface area contributed by atoms with E-state index in [0.717, 1.165) is 31.5 Å². The van der Waals surface area contributed by atoms with E-state index in [1.165, 1.54) is 5.56 Å². The first-order valence-corrected chi connectivity index (χ1v) is 12.8. The minimum atomic E-state index is -3.36. The molecule has 2 aromatic rings. The molecule has 4 rings (SSSR count). The molecule has 166 valence electrons. The molecule has 0 bridgehead atoms. The van der Waals surface area contributed by atoms with Gasteiger partial charge in [0.05, 0.1) is 5.75 Å². The highest BCUT2D eigenvalue weighted by Gasteiger charge is 2.38. The molecule has 1 unspecified atom stereocenters. The van der Waals surface area contributed by atoms with E-state index in [1.54, 1.807) is 4.31 Å². The van der Waals surface area contributed by atoms with E-state index in [9.17, 15) is 13.2 Å². The Morgan fingerprint density at radius 1 is 0.968 bits per heavy atom. The van der Waals surface area contributed by atoms with Crippen molar-refractivity contribution in [3.63, 3.8) is 0 Å². The molecule has 2 fully saturated rings. The highest BCUT2D eigenvalue weighted by molar-refractivity contribution is 7.88. The number of carbonyl (C=O) groups is 1. The number of rotatable bonds is 5. The predicted octanol–water partition coefficient (Wildman–Crippen LogP) is 3.81. The topological polar surface area (TPSA) is 57.7 Å². The van der Waals surface area contributed by atoms with Crippen molar-refractivity contribution in [2.24, 2.45) is 5.92 Å². The fourth-order valence-corrected chi connectivity index (χ4v) is 6.58. The Morgan fingerprint density at radius 3 is 2.23 bits per heavy atom. The van der Waals surface area contributed by atoms with Crippen LogP contribution in [0.5, 0.6) is 0 Å². The Balaban J connectivity index is 1.36. The maximum Gasteiger partial charge on any atom is 0.225 e. The van der Waals surface area contributed by atoms with Gasteiger partial charge in [0.15, 0.2) is 0 Å². The van der Waals surface area contributed by atoms with Crippen LogP contribution >= 0.6 is 0 Å². The molecule has 1 atom stereocenters. The van der Waals surface area contributed by atoms with Crippen LogP contribution in [0.15, 0.2) is 60.7 Å². The SMILES string of the molecule is CC1(c2ccccc2)CCCN(C(=O)C2CCN(S(=O)(=O)Cc3ccccc3)CC2)C1. The van der Waals surface area contributed by atoms with Gasteiger partial charge in [-0.3, -0.25) is 4.79 Å². The molecule has 2 aliphatic rings. The molecule has 0 N–H and O–H groups in total. The standard InChI is InChI=1S/C25H32N2O3S/c1-25(23-11-6-3-7-12-23)15-8-16-26(20-25)24(28)22-13-17-27(18-14-22)31(29,30)19-21-9-4-2-5-10-21/h2-7,9-12,22H,8,13-20H2,1H3. The third-order valence-electron chi connectivity index (χ3n) is 6.87. The summed E-state index contributed by atoms with van der Waals surface area (Å²) in [6.07, 6.45) is 3.29. The number of piperidine rings is 2. The van der Waals surface area contributed by atoms with Crippen LogP contribution < -0.4 is 0 Å². The zero-order chi connectivity index (χ0) is 21.9. The quantitative estimate of drug-likeness (QED) is 0.710. The molecule has 2 aliphatic heterocycles. The molecule has 31 heavy (non-hydrogen) atoms. The minimum Gasteiger partial charge on any atom is -0.342 e. The number of likely N-dealkylation sites (tertiary alicyclic amines) is 1. The van der Waals surface area contributed by atoms with Gasteiger partial charge in [0.2, 0.25) is 15.9 Å². The normalized spacial score (nSPS) is 23.6. The van der Waals surface area contributed by atoms with Crippen LogP contribution in [0, 0.1) is 5.92 Å². The van der Waals surface area contributed by atoms with Gasteiger partial charge < -0.3 is 4.90 Å². The first-order chi connectivity index (χ1) is 14.9. The fraction of sp³-hybridized carbons (Fsp3) is 0.480. The lowest BCUT2D eigenvalue weighted by Gasteiger charge is -2.43. The summed E-state index contributed by atoms with van der Waals surface area (Å²) in [6.45, 7) is 4.64. The summed E-state index contributed by atoms with van der Waals surface area (Å²) in [5.41, 5.74) is 2.07. The summed E-state index contributed by atoms with van der Waals surface area (Å²) in [6, 6.07) is 19.7. The van der Waals surface area contributed by atoms with Crippen molar-refractivity contribution in [1.29, 1.82) is 0 Å². The Labute approximate surface area is 186 Å².